The van der Waals surface area contributed by atoms with Crippen LogP contribution in [0.4, 0.5) is 4.79 Å². The summed E-state index contributed by atoms with van der Waals surface area (Å²) in [6.45, 7) is 14.6. The van der Waals surface area contributed by atoms with Crippen LogP contribution in [0.2, 0.25) is 18.1 Å². The van der Waals surface area contributed by atoms with Crippen molar-refractivity contribution in [2.75, 3.05) is 20.3 Å². The first-order valence-corrected chi connectivity index (χ1v) is 13.7. The zero-order valence-corrected chi connectivity index (χ0v) is 20.5. The van der Waals surface area contributed by atoms with Crippen molar-refractivity contribution in [3.63, 3.8) is 0 Å². The summed E-state index contributed by atoms with van der Waals surface area (Å²) in [4.78, 5) is 30.7. The summed E-state index contributed by atoms with van der Waals surface area (Å²) in [6.07, 6.45) is 3.72. The van der Waals surface area contributed by atoms with Gasteiger partial charge in [0.2, 0.25) is 17.7 Å². The van der Waals surface area contributed by atoms with Crippen LogP contribution in [0.5, 0.6) is 5.88 Å². The third-order valence-electron chi connectivity index (χ3n) is 5.72. The predicted octanol–water partition coefficient (Wildman–Crippen LogP) is 3.87. The average molecular weight is 468 g/mol. The molecule has 31 heavy (non-hydrogen) atoms. The molecule has 11 heteroatoms. The summed E-state index contributed by atoms with van der Waals surface area (Å²) >= 11 is 1.42. The molecule has 1 saturated heterocycles. The molecular formula is C20H29N3O6SSi. The molecule has 1 amide bonds. The number of thioether (sulfide) groups is 1. The first-order valence-electron chi connectivity index (χ1n) is 9.92. The van der Waals surface area contributed by atoms with Gasteiger partial charge >= 0.3 is 6.16 Å². The molecule has 0 spiro atoms. The molecule has 170 valence electrons. The summed E-state index contributed by atoms with van der Waals surface area (Å²) in [6, 6.07) is 0. The first-order chi connectivity index (χ1) is 14.5. The molecule has 9 nitrogen and oxygen atoms in total. The maximum Gasteiger partial charge on any atom is 0.515 e. The van der Waals surface area contributed by atoms with Crippen LogP contribution in [-0.2, 0) is 18.7 Å². The molecule has 1 aromatic rings. The van der Waals surface area contributed by atoms with Crippen LogP contribution in [0.1, 0.15) is 20.8 Å². The van der Waals surface area contributed by atoms with E-state index in [-0.39, 0.29) is 34.7 Å². The number of methoxy groups -OCH3 is 1. The monoisotopic (exact) mass is 467 g/mol. The summed E-state index contributed by atoms with van der Waals surface area (Å²) in [5.74, 6) is 0.0485. The second kappa shape index (κ2) is 8.71. The van der Waals surface area contributed by atoms with E-state index in [1.165, 1.54) is 36.2 Å². The van der Waals surface area contributed by atoms with Crippen LogP contribution >= 0.6 is 11.8 Å². The largest absolute Gasteiger partial charge is 0.515 e. The number of nitrogens with zero attached hydrogens (tertiary/aromatic N) is 3. The number of imidazole rings is 1. The molecule has 2 aliphatic rings. The smallest absolute Gasteiger partial charge is 0.480 e. The van der Waals surface area contributed by atoms with Crippen LogP contribution in [0.3, 0.4) is 0 Å². The molecule has 0 aliphatic carbocycles. The Morgan fingerprint density at radius 1 is 1.39 bits per heavy atom. The number of amides is 1. The number of carbonyl (C=O) groups excluding carboxylic acids is 2. The van der Waals surface area contributed by atoms with E-state index in [0.717, 1.165) is 0 Å². The molecule has 0 aromatic carbocycles. The van der Waals surface area contributed by atoms with Crippen molar-refractivity contribution < 1.29 is 28.2 Å². The topological polar surface area (TPSA) is 92.1 Å². The molecule has 3 rings (SSSR count). The third kappa shape index (κ3) is 4.53. The van der Waals surface area contributed by atoms with Gasteiger partial charge in [-0.1, -0.05) is 45.2 Å². The van der Waals surface area contributed by atoms with Gasteiger partial charge in [0, 0.05) is 6.61 Å². The van der Waals surface area contributed by atoms with Gasteiger partial charge in [-0.05, 0) is 18.1 Å². The molecule has 0 unspecified atom stereocenters. The summed E-state index contributed by atoms with van der Waals surface area (Å²) < 4.78 is 23.4. The molecule has 0 saturated carbocycles. The van der Waals surface area contributed by atoms with E-state index in [0.29, 0.717) is 17.5 Å². The zero-order chi connectivity index (χ0) is 23.0. The number of aromatic nitrogens is 2. The lowest BCUT2D eigenvalue weighted by atomic mass is 10.00. The van der Waals surface area contributed by atoms with Gasteiger partial charge in [-0.25, -0.2) is 9.78 Å². The second-order valence-electron chi connectivity index (χ2n) is 8.78. The minimum atomic E-state index is -2.00. The third-order valence-corrected chi connectivity index (χ3v) is 11.6. The van der Waals surface area contributed by atoms with Crippen molar-refractivity contribution in [2.24, 2.45) is 5.92 Å². The highest BCUT2D eigenvalue weighted by molar-refractivity contribution is 8.08. The van der Waals surface area contributed by atoms with Crippen LogP contribution in [-0.4, -0.2) is 60.5 Å². The predicted molar refractivity (Wildman–Crippen MR) is 119 cm³/mol. The fraction of sp³-hybridized carbons (Fsp3) is 0.550. The zero-order valence-electron chi connectivity index (χ0n) is 18.7. The molecule has 1 fully saturated rings. The van der Waals surface area contributed by atoms with Crippen molar-refractivity contribution in [1.82, 2.24) is 14.5 Å². The van der Waals surface area contributed by atoms with Crippen molar-refractivity contribution in [3.05, 3.63) is 31.1 Å². The fourth-order valence-electron chi connectivity index (χ4n) is 2.83. The Hall–Kier alpha value is -2.24. The Kier molecular flexibility index (Phi) is 6.58. The van der Waals surface area contributed by atoms with Gasteiger partial charge in [-0.3, -0.25) is 14.3 Å². The quantitative estimate of drug-likeness (QED) is 0.246. The summed E-state index contributed by atoms with van der Waals surface area (Å²) in [7, 11) is -0.493. The Morgan fingerprint density at radius 2 is 2.10 bits per heavy atom. The second-order valence-corrected chi connectivity index (χ2v) is 14.7. The van der Waals surface area contributed by atoms with Gasteiger partial charge in [-0.2, -0.15) is 0 Å². The standard InChI is InChI=1S/C20H29N3O6SSi/c1-8-9-27-19(25)29-16-18(22-10-14(26-5)21-12-22)30-17-13(15(24)23(16)17)11-28-31(6,7)20(2,3)4/h8,10,12-13,17H,1,9,11H2,2-7H3/t13-,17+/m0/s1. The first kappa shape index (κ1) is 23.4. The molecule has 0 radical (unpaired) electrons. The Morgan fingerprint density at radius 3 is 2.68 bits per heavy atom. The lowest BCUT2D eigenvalue weighted by Gasteiger charge is -2.44. The van der Waals surface area contributed by atoms with E-state index in [1.807, 2.05) is 0 Å². The Balaban J connectivity index is 1.80. The van der Waals surface area contributed by atoms with Crippen molar-refractivity contribution in [1.29, 1.82) is 0 Å². The molecule has 3 heterocycles. The van der Waals surface area contributed by atoms with E-state index < -0.39 is 14.5 Å². The van der Waals surface area contributed by atoms with Crippen LogP contribution in [0.15, 0.2) is 31.1 Å². The van der Waals surface area contributed by atoms with Crippen molar-refractivity contribution >= 4 is 37.2 Å². The van der Waals surface area contributed by atoms with E-state index in [1.54, 1.807) is 10.8 Å². The molecule has 2 atom stereocenters. The molecule has 2 aliphatic heterocycles. The van der Waals surface area contributed by atoms with E-state index in [9.17, 15) is 9.59 Å². The molecule has 1 aromatic heterocycles. The molecule has 0 N–H and O–H groups in total. The van der Waals surface area contributed by atoms with Crippen molar-refractivity contribution in [3.8, 4) is 5.88 Å². The highest BCUT2D eigenvalue weighted by Crippen LogP contribution is 2.52. The maximum atomic E-state index is 13.0. The van der Waals surface area contributed by atoms with Crippen LogP contribution < -0.4 is 4.74 Å². The summed E-state index contributed by atoms with van der Waals surface area (Å²) in [5, 5.41) is 0.366. The number of rotatable bonds is 8. The fourth-order valence-corrected chi connectivity index (χ4v) is 5.22. The highest BCUT2D eigenvalue weighted by Gasteiger charge is 2.57. The normalized spacial score (nSPS) is 21.0. The number of fused-ring (bicyclic) bond motifs is 1. The lowest BCUT2D eigenvalue weighted by molar-refractivity contribution is -0.151. The molecule has 0 bridgehead atoms. The van der Waals surface area contributed by atoms with E-state index in [4.69, 9.17) is 18.6 Å². The number of ether oxygens (including phenoxy) is 3. The number of hydrogen-bond donors (Lipinski definition) is 0. The number of β-lactam (4-membered cyclic amide) rings is 1. The number of carbonyl (C=O) groups is 2. The van der Waals surface area contributed by atoms with Gasteiger partial charge < -0.3 is 18.6 Å². The van der Waals surface area contributed by atoms with Crippen LogP contribution in [0.25, 0.3) is 5.03 Å². The van der Waals surface area contributed by atoms with Gasteiger partial charge in [0.05, 0.1) is 19.2 Å². The summed E-state index contributed by atoms with van der Waals surface area (Å²) in [5.41, 5.74) is 0. The van der Waals surface area contributed by atoms with E-state index in [2.05, 4.69) is 45.4 Å². The lowest BCUT2D eigenvalue weighted by Crippen LogP contribution is -2.59. The number of hydrogen-bond acceptors (Lipinski definition) is 8. The highest BCUT2D eigenvalue weighted by atomic mass is 32.2. The Labute approximate surface area is 187 Å². The van der Waals surface area contributed by atoms with Crippen LogP contribution in [0, 0.1) is 5.92 Å². The van der Waals surface area contributed by atoms with E-state index >= 15 is 0 Å². The van der Waals surface area contributed by atoms with Gasteiger partial charge in [0.1, 0.15) is 23.3 Å². The average Bonchev–Trinajstić information content (AvgIpc) is 3.28. The molecular weight excluding hydrogens is 438 g/mol. The maximum absolute atomic E-state index is 13.0. The van der Waals surface area contributed by atoms with Gasteiger partial charge in [0.25, 0.3) is 0 Å². The minimum Gasteiger partial charge on any atom is -0.480 e. The minimum absolute atomic E-state index is 0.00778. The van der Waals surface area contributed by atoms with Gasteiger partial charge in [0.15, 0.2) is 8.32 Å². The Bertz CT molecular complexity index is 907. The SMILES string of the molecule is C=CCOC(=O)OC1=C(n2cnc(OC)c2)S[C@@H]2[C@@H](CO[Si](C)(C)C(C)(C)C)C(=O)N12. The van der Waals surface area contributed by atoms with Crippen molar-refractivity contribution in [2.45, 2.75) is 44.3 Å². The van der Waals surface area contributed by atoms with Gasteiger partial charge in [-0.15, -0.1) is 0 Å².